The van der Waals surface area contributed by atoms with Gasteiger partial charge in [-0.05, 0) is 12.8 Å². The fourth-order valence-electron chi connectivity index (χ4n) is 2.85. The van der Waals surface area contributed by atoms with Gasteiger partial charge < -0.3 is 20.1 Å². The van der Waals surface area contributed by atoms with Crippen LogP contribution >= 0.6 is 0 Å². The molecule has 0 bridgehead atoms. The van der Waals surface area contributed by atoms with Gasteiger partial charge in [-0.25, -0.2) is 0 Å². The standard InChI is InChI=1S/C17H20N2O4/c20-14-9-5-4-8-12(16(14)21)18-17(22)15-10-13(19-23-15)11-6-2-1-3-7-11/h1-3,6-7,10,12,14,16,20-21H,4-5,8-9H2,(H,18,22)/t12-,14-,16-/m1/s1. The summed E-state index contributed by atoms with van der Waals surface area (Å²) in [6.45, 7) is 0. The zero-order chi connectivity index (χ0) is 16.2. The molecule has 3 atom stereocenters. The molecule has 6 nitrogen and oxygen atoms in total. The Labute approximate surface area is 134 Å². The van der Waals surface area contributed by atoms with E-state index in [0.29, 0.717) is 18.5 Å². The summed E-state index contributed by atoms with van der Waals surface area (Å²) in [5.41, 5.74) is 1.44. The molecule has 1 aromatic heterocycles. The smallest absolute Gasteiger partial charge is 0.290 e. The molecule has 0 aliphatic heterocycles. The van der Waals surface area contributed by atoms with Crippen molar-refractivity contribution in [2.45, 2.75) is 43.9 Å². The molecule has 1 heterocycles. The van der Waals surface area contributed by atoms with Crippen molar-refractivity contribution in [1.29, 1.82) is 0 Å². The van der Waals surface area contributed by atoms with Gasteiger partial charge in [-0.1, -0.05) is 48.3 Å². The van der Waals surface area contributed by atoms with Crippen LogP contribution in [0.1, 0.15) is 36.2 Å². The maximum Gasteiger partial charge on any atom is 0.290 e. The Morgan fingerprint density at radius 3 is 2.70 bits per heavy atom. The fourth-order valence-corrected chi connectivity index (χ4v) is 2.85. The summed E-state index contributed by atoms with van der Waals surface area (Å²) in [7, 11) is 0. The monoisotopic (exact) mass is 316 g/mol. The number of rotatable bonds is 3. The molecule has 122 valence electrons. The lowest BCUT2D eigenvalue weighted by Crippen LogP contribution is -2.47. The highest BCUT2D eigenvalue weighted by Gasteiger charge is 2.30. The van der Waals surface area contributed by atoms with Gasteiger partial charge in [-0.2, -0.15) is 0 Å². The van der Waals surface area contributed by atoms with Crippen molar-refractivity contribution in [3.63, 3.8) is 0 Å². The van der Waals surface area contributed by atoms with Gasteiger partial charge in [0.15, 0.2) is 0 Å². The number of hydrogen-bond donors (Lipinski definition) is 3. The first-order chi connectivity index (χ1) is 11.1. The summed E-state index contributed by atoms with van der Waals surface area (Å²) in [6, 6.07) is 10.5. The van der Waals surface area contributed by atoms with E-state index in [-0.39, 0.29) is 5.76 Å². The molecule has 6 heteroatoms. The van der Waals surface area contributed by atoms with Crippen molar-refractivity contribution in [2.75, 3.05) is 0 Å². The number of nitrogens with zero attached hydrogens (tertiary/aromatic N) is 1. The Kier molecular flexibility index (Phi) is 4.73. The van der Waals surface area contributed by atoms with Gasteiger partial charge >= 0.3 is 0 Å². The van der Waals surface area contributed by atoms with Crippen molar-refractivity contribution < 1.29 is 19.5 Å². The Morgan fingerprint density at radius 2 is 1.91 bits per heavy atom. The second kappa shape index (κ2) is 6.93. The second-order valence-corrected chi connectivity index (χ2v) is 5.86. The van der Waals surface area contributed by atoms with E-state index in [0.717, 1.165) is 18.4 Å². The minimum atomic E-state index is -0.960. The highest BCUT2D eigenvalue weighted by molar-refractivity contribution is 5.92. The molecule has 3 N–H and O–H groups in total. The van der Waals surface area contributed by atoms with Gasteiger partial charge in [-0.3, -0.25) is 4.79 Å². The van der Waals surface area contributed by atoms with Gasteiger partial charge in [0.05, 0.1) is 12.1 Å². The van der Waals surface area contributed by atoms with E-state index in [1.165, 1.54) is 0 Å². The lowest BCUT2D eigenvalue weighted by atomic mass is 10.0. The first kappa shape index (κ1) is 15.7. The minimum absolute atomic E-state index is 0.0924. The molecule has 1 aliphatic carbocycles. The van der Waals surface area contributed by atoms with E-state index in [1.54, 1.807) is 6.07 Å². The summed E-state index contributed by atoms with van der Waals surface area (Å²) in [5, 5.41) is 26.6. The number of aliphatic hydroxyl groups is 2. The first-order valence-corrected chi connectivity index (χ1v) is 7.84. The molecule has 3 rings (SSSR count). The predicted molar refractivity (Wildman–Crippen MR) is 83.7 cm³/mol. The van der Waals surface area contributed by atoms with Crippen LogP contribution in [0.3, 0.4) is 0 Å². The van der Waals surface area contributed by atoms with Gasteiger partial charge in [0.2, 0.25) is 5.76 Å². The van der Waals surface area contributed by atoms with Gasteiger partial charge in [0.1, 0.15) is 11.8 Å². The molecule has 23 heavy (non-hydrogen) atoms. The van der Waals surface area contributed by atoms with Crippen LogP contribution in [0.2, 0.25) is 0 Å². The predicted octanol–water partition coefficient (Wildman–Crippen LogP) is 1.74. The number of nitrogens with one attached hydrogen (secondary N) is 1. The molecule has 1 amide bonds. The summed E-state index contributed by atoms with van der Waals surface area (Å²) in [6.07, 6.45) is 1.10. The molecule has 1 aromatic carbocycles. The molecule has 0 saturated heterocycles. The van der Waals surface area contributed by atoms with E-state index in [1.807, 2.05) is 30.3 Å². The second-order valence-electron chi connectivity index (χ2n) is 5.86. The molecule has 0 unspecified atom stereocenters. The van der Waals surface area contributed by atoms with Crippen LogP contribution in [0.5, 0.6) is 0 Å². The third-order valence-electron chi connectivity index (χ3n) is 4.19. The number of hydrogen-bond acceptors (Lipinski definition) is 5. The van der Waals surface area contributed by atoms with E-state index >= 15 is 0 Å². The van der Waals surface area contributed by atoms with Crippen molar-refractivity contribution in [1.82, 2.24) is 10.5 Å². The van der Waals surface area contributed by atoms with Crippen molar-refractivity contribution in [2.24, 2.45) is 0 Å². The van der Waals surface area contributed by atoms with Crippen molar-refractivity contribution in [3.05, 3.63) is 42.2 Å². The fraction of sp³-hybridized carbons (Fsp3) is 0.412. The summed E-state index contributed by atoms with van der Waals surface area (Å²) >= 11 is 0. The van der Waals surface area contributed by atoms with Crippen LogP contribution in [-0.2, 0) is 0 Å². The largest absolute Gasteiger partial charge is 0.390 e. The van der Waals surface area contributed by atoms with Gasteiger partial charge in [0, 0.05) is 11.6 Å². The van der Waals surface area contributed by atoms with Crippen LogP contribution in [0, 0.1) is 0 Å². The third-order valence-corrected chi connectivity index (χ3v) is 4.19. The highest BCUT2D eigenvalue weighted by Crippen LogP contribution is 2.21. The molecular weight excluding hydrogens is 296 g/mol. The average molecular weight is 316 g/mol. The molecule has 1 aliphatic rings. The minimum Gasteiger partial charge on any atom is -0.390 e. The Hall–Kier alpha value is -2.18. The van der Waals surface area contributed by atoms with Gasteiger partial charge in [0.25, 0.3) is 5.91 Å². The summed E-state index contributed by atoms with van der Waals surface area (Å²) < 4.78 is 5.11. The zero-order valence-electron chi connectivity index (χ0n) is 12.7. The number of carbonyl (C=O) groups excluding carboxylic acids is 1. The SMILES string of the molecule is O=C(N[C@@H]1CCCC[C@@H](O)[C@@H]1O)c1cc(-c2ccccc2)no1. The number of amides is 1. The molecule has 1 saturated carbocycles. The molecule has 2 aromatic rings. The highest BCUT2D eigenvalue weighted by atomic mass is 16.5. The van der Waals surface area contributed by atoms with Crippen molar-refractivity contribution >= 4 is 5.91 Å². The number of aromatic nitrogens is 1. The van der Waals surface area contributed by atoms with Crippen LogP contribution in [-0.4, -0.2) is 39.5 Å². The van der Waals surface area contributed by atoms with Crippen LogP contribution in [0.15, 0.2) is 40.9 Å². The van der Waals surface area contributed by atoms with E-state index < -0.39 is 24.2 Å². The molecule has 0 spiro atoms. The summed E-state index contributed by atoms with van der Waals surface area (Å²) in [4.78, 5) is 12.3. The number of carbonyl (C=O) groups is 1. The van der Waals surface area contributed by atoms with Crippen LogP contribution in [0.4, 0.5) is 0 Å². The number of benzene rings is 1. The van der Waals surface area contributed by atoms with Crippen LogP contribution < -0.4 is 5.32 Å². The molecule has 0 radical (unpaired) electrons. The zero-order valence-corrected chi connectivity index (χ0v) is 12.7. The lowest BCUT2D eigenvalue weighted by molar-refractivity contribution is -0.00152. The summed E-state index contributed by atoms with van der Waals surface area (Å²) in [5.74, 6) is -0.340. The maximum atomic E-state index is 12.3. The van der Waals surface area contributed by atoms with E-state index in [2.05, 4.69) is 10.5 Å². The Morgan fingerprint density at radius 1 is 1.17 bits per heavy atom. The average Bonchev–Trinajstić information content (AvgIpc) is 3.02. The lowest BCUT2D eigenvalue weighted by Gasteiger charge is -2.24. The number of aliphatic hydroxyl groups excluding tert-OH is 2. The Bertz CT molecular complexity index is 656. The normalized spacial score (nSPS) is 24.9. The first-order valence-electron chi connectivity index (χ1n) is 7.84. The molecular formula is C17H20N2O4. The Balaban J connectivity index is 1.70. The van der Waals surface area contributed by atoms with Crippen LogP contribution in [0.25, 0.3) is 11.3 Å². The third kappa shape index (κ3) is 3.60. The van der Waals surface area contributed by atoms with E-state index in [9.17, 15) is 15.0 Å². The molecule has 1 fully saturated rings. The maximum absolute atomic E-state index is 12.3. The van der Waals surface area contributed by atoms with Gasteiger partial charge in [-0.15, -0.1) is 0 Å². The quantitative estimate of drug-likeness (QED) is 0.750. The topological polar surface area (TPSA) is 95.6 Å². The van der Waals surface area contributed by atoms with E-state index in [4.69, 9.17) is 4.52 Å². The van der Waals surface area contributed by atoms with Crippen molar-refractivity contribution in [3.8, 4) is 11.3 Å².